The smallest absolute Gasteiger partial charge is 0.315 e. The first-order chi connectivity index (χ1) is 15.2. The maximum absolute atomic E-state index is 12.0. The van der Waals surface area contributed by atoms with Crippen LogP contribution in [0.1, 0.15) is 87.2 Å². The van der Waals surface area contributed by atoms with E-state index in [1.807, 2.05) is 38.1 Å². The summed E-state index contributed by atoms with van der Waals surface area (Å²) in [5.41, 5.74) is 5.30. The summed E-state index contributed by atoms with van der Waals surface area (Å²) >= 11 is 0. The monoisotopic (exact) mass is 429 g/mol. The van der Waals surface area contributed by atoms with Gasteiger partial charge < -0.3 is 10.1 Å². The minimum Gasteiger partial charge on any atom is -0.468 e. The van der Waals surface area contributed by atoms with Crippen molar-refractivity contribution in [3.8, 4) is 11.8 Å². The number of fused-ring (bicyclic) bond motifs is 1. The van der Waals surface area contributed by atoms with Gasteiger partial charge in [0.15, 0.2) is 0 Å². The number of esters is 1. The lowest BCUT2D eigenvalue weighted by atomic mass is 9.70. The molecule has 0 amide bonds. The van der Waals surface area contributed by atoms with Crippen molar-refractivity contribution in [1.82, 2.24) is 5.32 Å². The second-order valence-electron chi connectivity index (χ2n) is 10.6. The maximum atomic E-state index is 12.0. The van der Waals surface area contributed by atoms with Crippen molar-refractivity contribution < 1.29 is 9.53 Å². The van der Waals surface area contributed by atoms with Gasteiger partial charge in [0, 0.05) is 17.2 Å². The summed E-state index contributed by atoms with van der Waals surface area (Å²) < 4.78 is 4.93. The standard InChI is InChI=1S/C29H35NO2/c1-28(2)17-16-26(30-19-22-8-9-22)24-15-12-21(18-25(24)28)7-6-20-10-13-23(14-11-20)29(3,4)27(31)32-5/h10-15,18,22,26,30H,8-9,16-17,19H2,1-5H3. The third kappa shape index (κ3) is 4.76. The molecule has 0 heterocycles. The molecule has 0 bridgehead atoms. The van der Waals surface area contributed by atoms with Gasteiger partial charge in [-0.25, -0.2) is 0 Å². The van der Waals surface area contributed by atoms with Crippen LogP contribution >= 0.6 is 0 Å². The first-order valence-corrected chi connectivity index (χ1v) is 11.8. The number of rotatable bonds is 5. The van der Waals surface area contributed by atoms with Gasteiger partial charge in [0.25, 0.3) is 0 Å². The molecule has 0 saturated heterocycles. The molecule has 4 rings (SSSR count). The molecule has 0 aromatic heterocycles. The summed E-state index contributed by atoms with van der Waals surface area (Å²) in [5.74, 6) is 7.30. The van der Waals surface area contributed by atoms with Gasteiger partial charge >= 0.3 is 5.97 Å². The molecule has 2 aromatic rings. The van der Waals surface area contributed by atoms with Crippen molar-refractivity contribution >= 4 is 5.97 Å². The van der Waals surface area contributed by atoms with Crippen LogP contribution in [0.3, 0.4) is 0 Å². The van der Waals surface area contributed by atoms with E-state index in [1.165, 1.54) is 43.9 Å². The third-order valence-corrected chi connectivity index (χ3v) is 7.22. The van der Waals surface area contributed by atoms with Gasteiger partial charge in [-0.2, -0.15) is 0 Å². The Bertz CT molecular complexity index is 1050. The Kier molecular flexibility index (Phi) is 6.19. The lowest BCUT2D eigenvalue weighted by Gasteiger charge is -2.37. The average molecular weight is 430 g/mol. The summed E-state index contributed by atoms with van der Waals surface area (Å²) in [7, 11) is 1.43. The number of nitrogens with one attached hydrogen (secondary N) is 1. The van der Waals surface area contributed by atoms with Gasteiger partial charge in [0.05, 0.1) is 12.5 Å². The van der Waals surface area contributed by atoms with Crippen LogP contribution in [0.4, 0.5) is 0 Å². The Morgan fingerprint density at radius 1 is 1.06 bits per heavy atom. The van der Waals surface area contributed by atoms with Crippen LogP contribution in [0.15, 0.2) is 42.5 Å². The van der Waals surface area contributed by atoms with Crippen LogP contribution in [-0.2, 0) is 20.4 Å². The minimum atomic E-state index is -0.672. The number of benzene rings is 2. The highest BCUT2D eigenvalue weighted by atomic mass is 16.5. The fraction of sp³-hybridized carbons (Fsp3) is 0.483. The van der Waals surface area contributed by atoms with Crippen LogP contribution in [0.2, 0.25) is 0 Å². The Labute approximate surface area is 193 Å². The Morgan fingerprint density at radius 3 is 2.38 bits per heavy atom. The number of methoxy groups -OCH3 is 1. The highest BCUT2D eigenvalue weighted by Crippen LogP contribution is 2.42. The summed E-state index contributed by atoms with van der Waals surface area (Å²) in [6, 6.07) is 15.1. The minimum absolute atomic E-state index is 0.173. The molecule has 3 nitrogen and oxygen atoms in total. The van der Waals surface area contributed by atoms with Crippen LogP contribution in [0.25, 0.3) is 0 Å². The molecule has 2 aromatic carbocycles. The van der Waals surface area contributed by atoms with E-state index in [1.54, 1.807) is 0 Å². The molecule has 0 aliphatic heterocycles. The predicted molar refractivity (Wildman–Crippen MR) is 130 cm³/mol. The van der Waals surface area contributed by atoms with Crippen molar-refractivity contribution in [3.63, 3.8) is 0 Å². The normalized spacial score (nSPS) is 19.5. The topological polar surface area (TPSA) is 38.3 Å². The van der Waals surface area contributed by atoms with Crippen molar-refractivity contribution in [2.24, 2.45) is 5.92 Å². The van der Waals surface area contributed by atoms with E-state index in [-0.39, 0.29) is 11.4 Å². The molecule has 1 unspecified atom stereocenters. The van der Waals surface area contributed by atoms with Crippen molar-refractivity contribution in [1.29, 1.82) is 0 Å². The maximum Gasteiger partial charge on any atom is 0.315 e. The lowest BCUT2D eigenvalue weighted by molar-refractivity contribution is -0.146. The molecule has 1 N–H and O–H groups in total. The molecule has 168 valence electrons. The number of hydrogen-bond donors (Lipinski definition) is 1. The molecule has 0 radical (unpaired) electrons. The van der Waals surface area contributed by atoms with Gasteiger partial charge in [0.2, 0.25) is 0 Å². The van der Waals surface area contributed by atoms with Crippen LogP contribution in [-0.4, -0.2) is 19.6 Å². The second kappa shape index (κ2) is 8.75. The summed E-state index contributed by atoms with van der Waals surface area (Å²) in [6.07, 6.45) is 5.16. The van der Waals surface area contributed by atoms with E-state index in [2.05, 4.69) is 49.2 Å². The molecular formula is C29H35NO2. The summed E-state index contributed by atoms with van der Waals surface area (Å²) in [4.78, 5) is 12.0. The highest BCUT2D eigenvalue weighted by Gasteiger charge is 2.33. The van der Waals surface area contributed by atoms with E-state index in [0.29, 0.717) is 6.04 Å². The molecule has 2 aliphatic rings. The Balaban J connectivity index is 1.54. The highest BCUT2D eigenvalue weighted by molar-refractivity contribution is 5.82. The largest absolute Gasteiger partial charge is 0.468 e. The molecular weight excluding hydrogens is 394 g/mol. The molecule has 1 atom stereocenters. The van der Waals surface area contributed by atoms with E-state index in [4.69, 9.17) is 4.74 Å². The van der Waals surface area contributed by atoms with Crippen LogP contribution < -0.4 is 5.32 Å². The van der Waals surface area contributed by atoms with E-state index in [0.717, 1.165) is 29.2 Å². The summed E-state index contributed by atoms with van der Waals surface area (Å²) in [5, 5.41) is 3.82. The Morgan fingerprint density at radius 2 is 1.72 bits per heavy atom. The quantitative estimate of drug-likeness (QED) is 0.493. The molecule has 0 spiro atoms. The van der Waals surface area contributed by atoms with E-state index < -0.39 is 5.41 Å². The van der Waals surface area contributed by atoms with E-state index >= 15 is 0 Å². The average Bonchev–Trinajstić information content (AvgIpc) is 3.61. The number of carbonyl (C=O) groups excluding carboxylic acids is 1. The summed E-state index contributed by atoms with van der Waals surface area (Å²) in [6.45, 7) is 9.60. The molecule has 3 heteroatoms. The van der Waals surface area contributed by atoms with Gasteiger partial charge in [-0.1, -0.05) is 43.9 Å². The zero-order valence-electron chi connectivity index (χ0n) is 20.0. The van der Waals surface area contributed by atoms with Gasteiger partial charge in [-0.15, -0.1) is 0 Å². The zero-order chi connectivity index (χ0) is 22.9. The van der Waals surface area contributed by atoms with Crippen molar-refractivity contribution in [2.45, 2.75) is 70.3 Å². The van der Waals surface area contributed by atoms with Crippen molar-refractivity contribution in [2.75, 3.05) is 13.7 Å². The van der Waals surface area contributed by atoms with Gasteiger partial charge in [-0.3, -0.25) is 4.79 Å². The van der Waals surface area contributed by atoms with Crippen LogP contribution in [0.5, 0.6) is 0 Å². The number of carbonyl (C=O) groups is 1. The first-order valence-electron chi connectivity index (χ1n) is 11.8. The number of hydrogen-bond acceptors (Lipinski definition) is 3. The Hall–Kier alpha value is -2.57. The number of ether oxygens (including phenoxy) is 1. The molecule has 32 heavy (non-hydrogen) atoms. The fourth-order valence-electron chi connectivity index (χ4n) is 4.65. The van der Waals surface area contributed by atoms with Crippen LogP contribution in [0, 0.1) is 17.8 Å². The SMILES string of the molecule is COC(=O)C(C)(C)c1ccc(C#Cc2ccc3c(c2)C(C)(C)CCC3NCC2CC2)cc1. The molecule has 1 saturated carbocycles. The third-order valence-electron chi connectivity index (χ3n) is 7.22. The zero-order valence-corrected chi connectivity index (χ0v) is 20.0. The van der Waals surface area contributed by atoms with Gasteiger partial charge in [0.1, 0.15) is 0 Å². The lowest BCUT2D eigenvalue weighted by Crippen LogP contribution is -2.33. The molecule has 1 fully saturated rings. The first kappa shape index (κ1) is 22.6. The predicted octanol–water partition coefficient (Wildman–Crippen LogP) is 5.65. The van der Waals surface area contributed by atoms with Crippen molar-refractivity contribution in [3.05, 3.63) is 70.3 Å². The van der Waals surface area contributed by atoms with E-state index in [9.17, 15) is 4.79 Å². The second-order valence-corrected chi connectivity index (χ2v) is 10.6. The fourth-order valence-corrected chi connectivity index (χ4v) is 4.65. The van der Waals surface area contributed by atoms with Gasteiger partial charge in [-0.05, 0) is 98.4 Å². The molecule has 2 aliphatic carbocycles.